The van der Waals surface area contributed by atoms with E-state index in [4.69, 9.17) is 9.10 Å². The van der Waals surface area contributed by atoms with Crippen LogP contribution in [0.2, 0.25) is 0 Å². The first-order valence-electron chi connectivity index (χ1n) is 23.1. The van der Waals surface area contributed by atoms with Gasteiger partial charge in [-0.2, -0.15) is 0 Å². The highest BCUT2D eigenvalue weighted by Crippen LogP contribution is 2.49. The Morgan fingerprint density at radius 2 is 1.16 bits per heavy atom. The summed E-state index contributed by atoms with van der Waals surface area (Å²) in [5.41, 5.74) is 15.4. The van der Waals surface area contributed by atoms with Crippen molar-refractivity contribution in [1.82, 2.24) is 9.55 Å². The van der Waals surface area contributed by atoms with E-state index < -0.39 is 6.98 Å². The lowest BCUT2D eigenvalue weighted by molar-refractivity contribution is 0.869. The maximum absolute atomic E-state index is 8.44. The minimum atomic E-state index is -2.31. The van der Waals surface area contributed by atoms with Crippen molar-refractivity contribution in [2.45, 2.75) is 19.8 Å². The van der Waals surface area contributed by atoms with Crippen LogP contribution in [0.1, 0.15) is 29.4 Å². The average molecular weight is 817 g/mol. The average Bonchev–Trinajstić information content (AvgIpc) is 3.92. The van der Waals surface area contributed by atoms with Gasteiger partial charge < -0.3 is 14.7 Å². The van der Waals surface area contributed by atoms with Gasteiger partial charge in [0.15, 0.2) is 0 Å². The second-order valence-corrected chi connectivity index (χ2v) is 16.5. The Morgan fingerprint density at radius 3 is 1.92 bits per heavy atom. The molecule has 8 aromatic carbocycles. The quantitative estimate of drug-likeness (QED) is 0.145. The van der Waals surface area contributed by atoms with Crippen molar-refractivity contribution >= 4 is 55.9 Å². The van der Waals surface area contributed by atoms with Crippen LogP contribution in [0.15, 0.2) is 212 Å². The monoisotopic (exact) mass is 816 g/mol. The lowest BCUT2D eigenvalue weighted by Gasteiger charge is -2.31. The molecule has 1 aliphatic rings. The molecule has 0 fully saturated rings. The van der Waals surface area contributed by atoms with Gasteiger partial charge in [0.05, 0.1) is 34.8 Å². The van der Waals surface area contributed by atoms with Crippen molar-refractivity contribution in [2.24, 2.45) is 0 Å². The molecule has 0 amide bonds. The smallest absolute Gasteiger partial charge is 0.138 e. The number of para-hydroxylation sites is 4. The zero-order chi connectivity index (χ0) is 44.9. The van der Waals surface area contributed by atoms with Gasteiger partial charge in [0, 0.05) is 56.2 Å². The summed E-state index contributed by atoms with van der Waals surface area (Å²) in [7, 11) is 0. The minimum Gasteiger partial charge on any atom is -0.355 e. The van der Waals surface area contributed by atoms with E-state index in [-0.39, 0.29) is 6.67 Å². The Morgan fingerprint density at radius 1 is 0.524 bits per heavy atom. The lowest BCUT2D eigenvalue weighted by Crippen LogP contribution is -2.24. The summed E-state index contributed by atoms with van der Waals surface area (Å²) in [5.74, 6) is 1.20. The number of nitrogens with zero attached hydrogens (tertiary/aromatic N) is 5. The van der Waals surface area contributed by atoms with E-state index in [1.807, 2.05) is 30.5 Å². The molecule has 0 saturated carbocycles. The molecule has 0 unspecified atom stereocenters. The largest absolute Gasteiger partial charge is 0.355 e. The first-order valence-corrected chi connectivity index (χ1v) is 21.6. The standard InChI is InChI=1S/C58H47N5/c1-40(2)47-24-10-11-25-48(47)43-34-35-59-57(36-43)63-53-29-13-12-26-51(53)52-33-32-46(38-56(52)63)62(45-23-16-22-44(37-45)61-39-60(3)54-30-14-15-31-55(54)61)58-49(41-18-6-4-7-19-41)27-17-28-50(58)42-20-8-5-9-21-42/h4-38,40H,39H2,1-3H3/i3D3. The van der Waals surface area contributed by atoms with Gasteiger partial charge >= 0.3 is 0 Å². The Hall–Kier alpha value is -7.89. The molecule has 1 aliphatic heterocycles. The van der Waals surface area contributed by atoms with E-state index in [0.29, 0.717) is 11.6 Å². The molecule has 3 heterocycles. The van der Waals surface area contributed by atoms with Crippen LogP contribution >= 0.6 is 0 Å². The zero-order valence-electron chi connectivity index (χ0n) is 38.2. The van der Waals surface area contributed by atoms with E-state index in [1.165, 1.54) is 16.0 Å². The van der Waals surface area contributed by atoms with Gasteiger partial charge in [-0.3, -0.25) is 4.57 Å². The van der Waals surface area contributed by atoms with Crippen molar-refractivity contribution in [3.8, 4) is 39.2 Å². The molecule has 0 spiro atoms. The number of rotatable bonds is 9. The normalized spacial score (nSPS) is 13.3. The first kappa shape index (κ1) is 34.8. The summed E-state index contributed by atoms with van der Waals surface area (Å²) in [4.78, 5) is 11.1. The summed E-state index contributed by atoms with van der Waals surface area (Å²) in [5, 5.41) is 2.26. The number of fused-ring (bicyclic) bond motifs is 4. The molecule has 0 aliphatic carbocycles. The second kappa shape index (κ2) is 15.9. The highest BCUT2D eigenvalue weighted by Gasteiger charge is 2.27. The van der Waals surface area contributed by atoms with Crippen LogP contribution in [0.3, 0.4) is 0 Å². The summed E-state index contributed by atoms with van der Waals surface area (Å²) in [6.07, 6.45) is 1.93. The van der Waals surface area contributed by atoms with Crippen LogP contribution in [-0.4, -0.2) is 23.2 Å². The highest BCUT2D eigenvalue weighted by molar-refractivity contribution is 6.11. The van der Waals surface area contributed by atoms with Gasteiger partial charge in [-0.1, -0.05) is 159 Å². The zero-order valence-corrected chi connectivity index (χ0v) is 35.2. The summed E-state index contributed by atoms with van der Waals surface area (Å²) >= 11 is 0. The first-order chi connectivity index (χ1) is 32.2. The maximum atomic E-state index is 8.44. The van der Waals surface area contributed by atoms with E-state index in [0.717, 1.165) is 83.9 Å². The minimum absolute atomic E-state index is 0.189. The van der Waals surface area contributed by atoms with Crippen LogP contribution in [0.25, 0.3) is 61.0 Å². The number of benzene rings is 8. The molecule has 5 heteroatoms. The molecule has 10 aromatic rings. The molecule has 0 radical (unpaired) electrons. The number of aromatic nitrogens is 2. The van der Waals surface area contributed by atoms with Crippen molar-refractivity contribution in [3.05, 3.63) is 218 Å². The van der Waals surface area contributed by atoms with E-state index >= 15 is 0 Å². The van der Waals surface area contributed by atoms with E-state index in [2.05, 4.69) is 210 Å². The highest BCUT2D eigenvalue weighted by atomic mass is 15.4. The van der Waals surface area contributed by atoms with Gasteiger partial charge in [0.1, 0.15) is 5.82 Å². The molecule has 0 bridgehead atoms. The maximum Gasteiger partial charge on any atom is 0.138 e. The lowest BCUT2D eigenvalue weighted by atomic mass is 9.93. The number of hydrogen-bond acceptors (Lipinski definition) is 4. The Kier molecular flexibility index (Phi) is 8.75. The molecule has 11 rings (SSSR count). The van der Waals surface area contributed by atoms with Crippen LogP contribution < -0.4 is 14.7 Å². The summed E-state index contributed by atoms with van der Waals surface area (Å²) in [6.45, 7) is 2.36. The summed E-state index contributed by atoms with van der Waals surface area (Å²) in [6, 6.07) is 72.3. The van der Waals surface area contributed by atoms with Crippen LogP contribution in [0.5, 0.6) is 0 Å². The van der Waals surface area contributed by atoms with Gasteiger partial charge in [0.2, 0.25) is 0 Å². The summed E-state index contributed by atoms with van der Waals surface area (Å²) < 4.78 is 27.6. The van der Waals surface area contributed by atoms with Crippen LogP contribution in [-0.2, 0) is 0 Å². The molecule has 0 atom stereocenters. The third-order valence-corrected chi connectivity index (χ3v) is 12.4. The third-order valence-electron chi connectivity index (χ3n) is 12.4. The van der Waals surface area contributed by atoms with Gasteiger partial charge in [-0.15, -0.1) is 0 Å². The molecular formula is C58H47N5. The van der Waals surface area contributed by atoms with E-state index in [9.17, 15) is 0 Å². The van der Waals surface area contributed by atoms with Crippen LogP contribution in [0.4, 0.5) is 34.1 Å². The molecule has 5 nitrogen and oxygen atoms in total. The second-order valence-electron chi connectivity index (χ2n) is 16.5. The Balaban J connectivity index is 1.17. The van der Waals surface area contributed by atoms with Crippen LogP contribution in [0, 0.1) is 0 Å². The van der Waals surface area contributed by atoms with Crippen molar-refractivity contribution in [1.29, 1.82) is 0 Å². The van der Waals surface area contributed by atoms with Gasteiger partial charge in [-0.05, 0) is 94.4 Å². The fourth-order valence-corrected chi connectivity index (χ4v) is 9.44. The number of anilines is 6. The SMILES string of the molecule is [2H]C([2H])([2H])N1CN(c2cccc(N(c3ccc4c5ccccc5n(-c5cc(-c6ccccc6C(C)C)ccn5)c4c3)c3c(-c4ccccc4)cccc3-c3ccccc3)c2)c2ccccc21. The molecule has 0 N–H and O–H groups in total. The van der Waals surface area contributed by atoms with Crippen molar-refractivity contribution in [2.75, 3.05) is 28.3 Å². The topological polar surface area (TPSA) is 27.5 Å². The van der Waals surface area contributed by atoms with Gasteiger partial charge in [-0.25, -0.2) is 4.98 Å². The van der Waals surface area contributed by atoms with Crippen molar-refractivity contribution < 1.29 is 4.11 Å². The molecule has 304 valence electrons. The fourth-order valence-electron chi connectivity index (χ4n) is 9.44. The number of pyridine rings is 1. The van der Waals surface area contributed by atoms with Crippen molar-refractivity contribution in [3.63, 3.8) is 0 Å². The Bertz CT molecular complexity index is 3340. The molecule has 63 heavy (non-hydrogen) atoms. The molecule has 2 aromatic heterocycles. The fraction of sp³-hybridized carbons (Fsp3) is 0.0862. The number of hydrogen-bond donors (Lipinski definition) is 0. The predicted octanol–water partition coefficient (Wildman–Crippen LogP) is 15.3. The predicted molar refractivity (Wildman–Crippen MR) is 266 cm³/mol. The molecular weight excluding hydrogens is 767 g/mol. The molecule has 0 saturated heterocycles. The van der Waals surface area contributed by atoms with E-state index in [1.54, 1.807) is 0 Å². The Labute approximate surface area is 373 Å². The third kappa shape index (κ3) is 6.70. The van der Waals surface area contributed by atoms with Gasteiger partial charge in [0.25, 0.3) is 0 Å².